The van der Waals surface area contributed by atoms with Crippen molar-refractivity contribution in [2.24, 2.45) is 0 Å². The molecule has 0 saturated carbocycles. The van der Waals surface area contributed by atoms with Crippen molar-refractivity contribution >= 4 is 17.7 Å². The zero-order valence-electron chi connectivity index (χ0n) is 17.4. The van der Waals surface area contributed by atoms with E-state index < -0.39 is 5.97 Å². The van der Waals surface area contributed by atoms with Crippen molar-refractivity contribution in [2.75, 3.05) is 6.61 Å². The molecule has 3 aromatic rings. The van der Waals surface area contributed by atoms with Crippen molar-refractivity contribution in [3.8, 4) is 11.1 Å². The predicted octanol–water partition coefficient (Wildman–Crippen LogP) is 4.74. The second kappa shape index (κ2) is 10.9. The van der Waals surface area contributed by atoms with Gasteiger partial charge in [-0.05, 0) is 23.6 Å². The van der Waals surface area contributed by atoms with Gasteiger partial charge in [-0.1, -0.05) is 84.9 Å². The smallest absolute Gasteiger partial charge is 0.306 e. The largest absolute Gasteiger partial charge is 0.456 e. The number of esters is 1. The van der Waals surface area contributed by atoms with Gasteiger partial charge in [0, 0.05) is 12.0 Å². The fourth-order valence-corrected chi connectivity index (χ4v) is 3.17. The summed E-state index contributed by atoms with van der Waals surface area (Å²) in [7, 11) is 0. The molecule has 0 aliphatic carbocycles. The van der Waals surface area contributed by atoms with Gasteiger partial charge in [0.15, 0.2) is 12.4 Å². The Balaban J connectivity index is 1.41. The number of amides is 1. The second-order valence-corrected chi connectivity index (χ2v) is 7.23. The molecule has 0 aliphatic rings. The number of benzene rings is 3. The SMILES string of the molecule is C[C@@H](NC(=O)COC(=O)CCC(=O)c1ccc(-c2ccccc2)cc1)c1ccccc1. The van der Waals surface area contributed by atoms with Crippen LogP contribution < -0.4 is 5.32 Å². The van der Waals surface area contributed by atoms with Crippen LogP contribution in [-0.2, 0) is 14.3 Å². The zero-order chi connectivity index (χ0) is 22.1. The highest BCUT2D eigenvalue weighted by molar-refractivity contribution is 5.98. The van der Waals surface area contributed by atoms with Gasteiger partial charge in [-0.15, -0.1) is 0 Å². The Morgan fingerprint density at radius 2 is 1.35 bits per heavy atom. The maximum Gasteiger partial charge on any atom is 0.306 e. The number of carbonyl (C=O) groups excluding carboxylic acids is 3. The Labute approximate surface area is 182 Å². The van der Waals surface area contributed by atoms with E-state index in [0.717, 1.165) is 16.7 Å². The van der Waals surface area contributed by atoms with Crippen LogP contribution in [0.2, 0.25) is 0 Å². The highest BCUT2D eigenvalue weighted by atomic mass is 16.5. The molecular formula is C26H25NO4. The van der Waals surface area contributed by atoms with Crippen molar-refractivity contribution in [1.82, 2.24) is 5.32 Å². The van der Waals surface area contributed by atoms with Crippen LogP contribution in [0.15, 0.2) is 84.9 Å². The van der Waals surface area contributed by atoms with Crippen LogP contribution in [0.5, 0.6) is 0 Å². The van der Waals surface area contributed by atoms with E-state index in [1.165, 1.54) is 0 Å². The first kappa shape index (κ1) is 22.0. The molecule has 1 N–H and O–H groups in total. The molecule has 1 amide bonds. The summed E-state index contributed by atoms with van der Waals surface area (Å²) in [6.07, 6.45) is -0.0354. The summed E-state index contributed by atoms with van der Waals surface area (Å²) >= 11 is 0. The van der Waals surface area contributed by atoms with Crippen molar-refractivity contribution < 1.29 is 19.1 Å². The lowest BCUT2D eigenvalue weighted by Crippen LogP contribution is -2.31. The van der Waals surface area contributed by atoms with E-state index >= 15 is 0 Å². The molecule has 3 rings (SSSR count). The van der Waals surface area contributed by atoms with Crippen LogP contribution in [0, 0.1) is 0 Å². The standard InChI is InChI=1S/C26H25NO4/c1-19(20-8-4-2-5-9-20)27-25(29)18-31-26(30)17-16-24(28)23-14-12-22(13-15-23)21-10-6-3-7-11-21/h2-15,19H,16-18H2,1H3,(H,27,29)/t19-/m1/s1. The number of nitrogens with one attached hydrogen (secondary N) is 1. The minimum Gasteiger partial charge on any atom is -0.456 e. The summed E-state index contributed by atoms with van der Waals surface area (Å²) in [5.41, 5.74) is 3.60. The van der Waals surface area contributed by atoms with Gasteiger partial charge in [0.05, 0.1) is 12.5 Å². The Bertz CT molecular complexity index is 1010. The molecule has 3 aromatic carbocycles. The fourth-order valence-electron chi connectivity index (χ4n) is 3.17. The first-order valence-electron chi connectivity index (χ1n) is 10.2. The topological polar surface area (TPSA) is 72.5 Å². The summed E-state index contributed by atoms with van der Waals surface area (Å²) in [6.45, 7) is 1.49. The third-order valence-electron chi connectivity index (χ3n) is 4.91. The van der Waals surface area contributed by atoms with Crippen LogP contribution >= 0.6 is 0 Å². The Morgan fingerprint density at radius 1 is 0.774 bits per heavy atom. The van der Waals surface area contributed by atoms with Gasteiger partial charge in [-0.25, -0.2) is 0 Å². The van der Waals surface area contributed by atoms with Crippen LogP contribution in [0.4, 0.5) is 0 Å². The Kier molecular flexibility index (Phi) is 7.71. The lowest BCUT2D eigenvalue weighted by atomic mass is 10.0. The van der Waals surface area contributed by atoms with Crippen molar-refractivity contribution in [2.45, 2.75) is 25.8 Å². The number of carbonyl (C=O) groups is 3. The lowest BCUT2D eigenvalue weighted by molar-refractivity contribution is -0.148. The predicted molar refractivity (Wildman–Crippen MR) is 119 cm³/mol. The molecule has 0 radical (unpaired) electrons. The highest BCUT2D eigenvalue weighted by Gasteiger charge is 2.14. The summed E-state index contributed by atoms with van der Waals surface area (Å²) < 4.78 is 5.00. The molecule has 0 unspecified atom stereocenters. The van der Waals surface area contributed by atoms with Gasteiger partial charge in [0.2, 0.25) is 0 Å². The number of rotatable bonds is 9. The summed E-state index contributed by atoms with van der Waals surface area (Å²) in [5, 5.41) is 2.78. The molecule has 0 saturated heterocycles. The minimum atomic E-state index is -0.572. The highest BCUT2D eigenvalue weighted by Crippen LogP contribution is 2.20. The molecule has 0 spiro atoms. The molecule has 5 heteroatoms. The summed E-state index contributed by atoms with van der Waals surface area (Å²) in [4.78, 5) is 36.3. The zero-order valence-corrected chi connectivity index (χ0v) is 17.4. The summed E-state index contributed by atoms with van der Waals surface area (Å²) in [5.74, 6) is -1.09. The van der Waals surface area contributed by atoms with Crippen LogP contribution in [0.25, 0.3) is 11.1 Å². The number of hydrogen-bond acceptors (Lipinski definition) is 4. The van der Waals surface area contributed by atoms with E-state index in [-0.39, 0.29) is 37.2 Å². The first-order valence-corrected chi connectivity index (χ1v) is 10.2. The van der Waals surface area contributed by atoms with E-state index in [4.69, 9.17) is 4.74 Å². The van der Waals surface area contributed by atoms with Crippen molar-refractivity contribution in [3.05, 3.63) is 96.1 Å². The average Bonchev–Trinajstić information content (AvgIpc) is 2.82. The number of Topliss-reactive ketones (excluding diaryl/α,β-unsaturated/α-hetero) is 1. The number of ether oxygens (including phenoxy) is 1. The Morgan fingerprint density at radius 3 is 2.00 bits per heavy atom. The minimum absolute atomic E-state index is 0.0333. The van der Waals surface area contributed by atoms with Gasteiger partial charge >= 0.3 is 5.97 Å². The van der Waals surface area contributed by atoms with Gasteiger partial charge in [-0.2, -0.15) is 0 Å². The quantitative estimate of drug-likeness (QED) is 0.405. The number of ketones is 1. The molecule has 158 valence electrons. The monoisotopic (exact) mass is 415 g/mol. The first-order chi connectivity index (χ1) is 15.0. The molecule has 1 atom stereocenters. The second-order valence-electron chi connectivity index (χ2n) is 7.23. The fraction of sp³-hybridized carbons (Fsp3) is 0.192. The van der Waals surface area contributed by atoms with E-state index in [1.54, 1.807) is 12.1 Å². The molecule has 0 fully saturated rings. The third kappa shape index (κ3) is 6.64. The molecule has 0 aromatic heterocycles. The van der Waals surface area contributed by atoms with E-state index in [0.29, 0.717) is 5.56 Å². The van der Waals surface area contributed by atoms with Gasteiger partial charge in [0.1, 0.15) is 0 Å². The van der Waals surface area contributed by atoms with Crippen molar-refractivity contribution in [1.29, 1.82) is 0 Å². The van der Waals surface area contributed by atoms with Crippen LogP contribution in [0.3, 0.4) is 0 Å². The van der Waals surface area contributed by atoms with Crippen LogP contribution in [-0.4, -0.2) is 24.3 Å². The molecular weight excluding hydrogens is 390 g/mol. The molecule has 0 heterocycles. The van der Waals surface area contributed by atoms with Gasteiger partial charge in [0.25, 0.3) is 5.91 Å². The summed E-state index contributed by atoms with van der Waals surface area (Å²) in [6, 6.07) is 26.5. The molecule has 0 bridgehead atoms. The number of hydrogen-bond donors (Lipinski definition) is 1. The third-order valence-corrected chi connectivity index (χ3v) is 4.91. The van der Waals surface area contributed by atoms with Crippen molar-refractivity contribution in [3.63, 3.8) is 0 Å². The molecule has 31 heavy (non-hydrogen) atoms. The molecule has 5 nitrogen and oxygen atoms in total. The molecule has 0 aliphatic heterocycles. The van der Waals surface area contributed by atoms with E-state index in [9.17, 15) is 14.4 Å². The van der Waals surface area contributed by atoms with E-state index in [2.05, 4.69) is 5.32 Å². The van der Waals surface area contributed by atoms with Crippen LogP contribution in [0.1, 0.15) is 41.7 Å². The van der Waals surface area contributed by atoms with Gasteiger partial charge in [-0.3, -0.25) is 14.4 Å². The van der Waals surface area contributed by atoms with Gasteiger partial charge < -0.3 is 10.1 Å². The maximum absolute atomic E-state index is 12.4. The maximum atomic E-state index is 12.4. The lowest BCUT2D eigenvalue weighted by Gasteiger charge is -2.14. The van der Waals surface area contributed by atoms with E-state index in [1.807, 2.05) is 79.7 Å². The average molecular weight is 415 g/mol. The normalized spacial score (nSPS) is 11.4. The Hall–Kier alpha value is -3.73.